The molecule has 0 rings (SSSR count). The molecule has 6 heteroatoms. The molecule has 0 saturated carbocycles. The van der Waals surface area contributed by atoms with E-state index in [-0.39, 0.29) is 11.4 Å². The maximum atomic E-state index is 10.6. The second-order valence-electron chi connectivity index (χ2n) is 2.08. The minimum absolute atomic E-state index is 0.0331. The van der Waals surface area contributed by atoms with Gasteiger partial charge in [-0.25, -0.2) is 0 Å². The van der Waals surface area contributed by atoms with Crippen molar-refractivity contribution < 1.29 is 13.0 Å². The first-order valence-electron chi connectivity index (χ1n) is 2.83. The smallest absolute Gasteiger partial charge is 0.296 e. The summed E-state index contributed by atoms with van der Waals surface area (Å²) in [7, 11) is -4.36. The van der Waals surface area contributed by atoms with Gasteiger partial charge in [0.25, 0.3) is 10.1 Å². The highest BCUT2D eigenvalue weighted by molar-refractivity contribution is 7.90. The van der Waals surface area contributed by atoms with Gasteiger partial charge in [0, 0.05) is 11.4 Å². The Balaban J connectivity index is 5.23. The molecule has 0 atom stereocenters. The van der Waals surface area contributed by atoms with Crippen molar-refractivity contribution >= 4 is 10.1 Å². The first-order valence-corrected chi connectivity index (χ1v) is 4.27. The van der Waals surface area contributed by atoms with E-state index in [9.17, 15) is 8.42 Å². The van der Waals surface area contributed by atoms with Crippen LogP contribution in [0, 0.1) is 0 Å². The Labute approximate surface area is 70.8 Å². The summed E-state index contributed by atoms with van der Waals surface area (Å²) < 4.78 is 29.7. The molecule has 5 nitrogen and oxygen atoms in total. The van der Waals surface area contributed by atoms with Crippen LogP contribution >= 0.6 is 0 Å². The highest BCUT2D eigenvalue weighted by Crippen LogP contribution is 2.10. The Hall–Kier alpha value is -1.27. The predicted molar refractivity (Wildman–Crippen MR) is 46.3 cm³/mol. The minimum atomic E-state index is -4.36. The summed E-state index contributed by atoms with van der Waals surface area (Å²) in [5.41, 5.74) is 9.84. The molecular weight excluding hydrogens is 180 g/mol. The van der Waals surface area contributed by atoms with Crippen LogP contribution in [0.5, 0.6) is 0 Å². The van der Waals surface area contributed by atoms with Crippen LogP contribution in [-0.4, -0.2) is 13.0 Å². The fraction of sp³-hybridized carbons (Fsp3) is 0. The SMILES string of the molecule is C=C(N)/C=C(\C(=C)N)S(=O)(=O)O. The van der Waals surface area contributed by atoms with Crippen LogP contribution in [0.1, 0.15) is 0 Å². The summed E-state index contributed by atoms with van der Waals surface area (Å²) in [5.74, 6) is 0. The number of allylic oxidation sites excluding steroid dienone is 1. The summed E-state index contributed by atoms with van der Waals surface area (Å²) in [6, 6.07) is 0. The predicted octanol–water partition coefficient (Wildman–Crippen LogP) is -0.297. The largest absolute Gasteiger partial charge is 0.399 e. The van der Waals surface area contributed by atoms with Gasteiger partial charge in [-0.2, -0.15) is 8.42 Å². The van der Waals surface area contributed by atoms with Crippen molar-refractivity contribution in [2.45, 2.75) is 0 Å². The Kier molecular flexibility index (Phi) is 3.06. The van der Waals surface area contributed by atoms with Crippen molar-refractivity contribution in [3.8, 4) is 0 Å². The molecule has 0 amide bonds. The Morgan fingerprint density at radius 3 is 1.83 bits per heavy atom. The lowest BCUT2D eigenvalue weighted by molar-refractivity contribution is 0.491. The molecule has 12 heavy (non-hydrogen) atoms. The molecule has 0 bridgehead atoms. The molecule has 0 heterocycles. The van der Waals surface area contributed by atoms with Gasteiger partial charge in [-0.15, -0.1) is 0 Å². The molecule has 0 radical (unpaired) electrons. The summed E-state index contributed by atoms with van der Waals surface area (Å²) in [4.78, 5) is -0.532. The summed E-state index contributed by atoms with van der Waals surface area (Å²) >= 11 is 0. The molecule has 0 aliphatic heterocycles. The van der Waals surface area contributed by atoms with Gasteiger partial charge in [0.2, 0.25) is 0 Å². The third kappa shape index (κ3) is 3.22. The fourth-order valence-electron chi connectivity index (χ4n) is 0.501. The van der Waals surface area contributed by atoms with Gasteiger partial charge >= 0.3 is 0 Å². The highest BCUT2D eigenvalue weighted by atomic mass is 32.2. The Bertz CT molecular complexity index is 340. The molecule has 0 aliphatic carbocycles. The third-order valence-electron chi connectivity index (χ3n) is 0.911. The minimum Gasteiger partial charge on any atom is -0.399 e. The highest BCUT2D eigenvalue weighted by Gasteiger charge is 2.14. The van der Waals surface area contributed by atoms with Gasteiger partial charge in [0.1, 0.15) is 4.91 Å². The van der Waals surface area contributed by atoms with E-state index >= 15 is 0 Å². The van der Waals surface area contributed by atoms with Crippen LogP contribution in [0.2, 0.25) is 0 Å². The lowest BCUT2D eigenvalue weighted by atomic mass is 10.4. The van der Waals surface area contributed by atoms with Crippen molar-refractivity contribution in [3.05, 3.63) is 35.5 Å². The Morgan fingerprint density at radius 2 is 1.75 bits per heavy atom. The molecule has 68 valence electrons. The normalized spacial score (nSPS) is 12.6. The molecule has 0 saturated heterocycles. The van der Waals surface area contributed by atoms with Crippen molar-refractivity contribution in [1.29, 1.82) is 0 Å². The van der Waals surface area contributed by atoms with E-state index in [1.165, 1.54) is 0 Å². The molecular formula is C6H10N2O3S. The van der Waals surface area contributed by atoms with Gasteiger partial charge in [-0.1, -0.05) is 13.2 Å². The third-order valence-corrected chi connectivity index (χ3v) is 1.85. The summed E-state index contributed by atoms with van der Waals surface area (Å²) in [6.45, 7) is 6.37. The summed E-state index contributed by atoms with van der Waals surface area (Å²) in [6.07, 6.45) is 0.928. The first-order chi connectivity index (χ1) is 5.25. The second-order valence-corrected chi connectivity index (χ2v) is 3.47. The van der Waals surface area contributed by atoms with Crippen LogP contribution in [0.15, 0.2) is 35.5 Å². The monoisotopic (exact) mass is 190 g/mol. The van der Waals surface area contributed by atoms with Gasteiger partial charge in [0.15, 0.2) is 0 Å². The van der Waals surface area contributed by atoms with E-state index in [2.05, 4.69) is 13.2 Å². The molecule has 0 aromatic rings. The van der Waals surface area contributed by atoms with Crippen LogP contribution in [0.4, 0.5) is 0 Å². The molecule has 5 N–H and O–H groups in total. The average Bonchev–Trinajstić information content (AvgIpc) is 1.79. The molecule has 0 aromatic heterocycles. The van der Waals surface area contributed by atoms with E-state index in [4.69, 9.17) is 16.0 Å². The quantitative estimate of drug-likeness (QED) is 0.418. The van der Waals surface area contributed by atoms with E-state index in [0.29, 0.717) is 0 Å². The van der Waals surface area contributed by atoms with Crippen LogP contribution < -0.4 is 11.5 Å². The lowest BCUT2D eigenvalue weighted by Crippen LogP contribution is -2.11. The van der Waals surface area contributed by atoms with Crippen molar-refractivity contribution in [2.24, 2.45) is 11.5 Å². The van der Waals surface area contributed by atoms with Crippen molar-refractivity contribution in [2.75, 3.05) is 0 Å². The maximum Gasteiger partial charge on any atom is 0.296 e. The lowest BCUT2D eigenvalue weighted by Gasteiger charge is -2.01. The van der Waals surface area contributed by atoms with Crippen LogP contribution in [-0.2, 0) is 10.1 Å². The average molecular weight is 190 g/mol. The molecule has 0 fully saturated rings. The van der Waals surface area contributed by atoms with E-state index in [0.717, 1.165) is 6.08 Å². The number of hydrogen-bond donors (Lipinski definition) is 3. The fourth-order valence-corrected chi connectivity index (χ4v) is 1.13. The standard InChI is InChI=1S/C6H10N2O3S/c1-4(7)3-6(5(2)8)12(9,10)11/h3H,1-2,7-8H2,(H,9,10,11)/b6-3+. The molecule has 0 aliphatic rings. The zero-order valence-electron chi connectivity index (χ0n) is 6.32. The van der Waals surface area contributed by atoms with Crippen LogP contribution in [0.25, 0.3) is 0 Å². The van der Waals surface area contributed by atoms with Gasteiger partial charge < -0.3 is 11.5 Å². The second kappa shape index (κ2) is 3.42. The molecule has 0 aromatic carbocycles. The van der Waals surface area contributed by atoms with E-state index in [1.54, 1.807) is 0 Å². The molecule has 0 unspecified atom stereocenters. The number of hydrogen-bond acceptors (Lipinski definition) is 4. The van der Waals surface area contributed by atoms with E-state index in [1.807, 2.05) is 0 Å². The van der Waals surface area contributed by atoms with Gasteiger partial charge in [-0.05, 0) is 6.08 Å². The van der Waals surface area contributed by atoms with E-state index < -0.39 is 15.0 Å². The zero-order valence-corrected chi connectivity index (χ0v) is 7.13. The van der Waals surface area contributed by atoms with Crippen molar-refractivity contribution in [3.63, 3.8) is 0 Å². The summed E-state index contributed by atoms with van der Waals surface area (Å²) in [5, 5.41) is 0. The Morgan fingerprint density at radius 1 is 1.33 bits per heavy atom. The number of nitrogens with two attached hydrogens (primary N) is 2. The maximum absolute atomic E-state index is 10.6. The zero-order chi connectivity index (χ0) is 9.94. The van der Waals surface area contributed by atoms with Gasteiger partial charge in [-0.3, -0.25) is 4.55 Å². The first kappa shape index (κ1) is 10.7. The molecule has 0 spiro atoms. The van der Waals surface area contributed by atoms with Gasteiger partial charge in [0.05, 0.1) is 0 Å². The van der Waals surface area contributed by atoms with Crippen LogP contribution in [0.3, 0.4) is 0 Å². The topological polar surface area (TPSA) is 106 Å². The number of rotatable bonds is 3. The van der Waals surface area contributed by atoms with Crippen molar-refractivity contribution in [1.82, 2.24) is 0 Å².